The van der Waals surface area contributed by atoms with Crippen LogP contribution in [-0.2, 0) is 16.1 Å². The Morgan fingerprint density at radius 2 is 1.87 bits per heavy atom. The maximum atomic E-state index is 11.9. The van der Waals surface area contributed by atoms with Crippen LogP contribution in [0.4, 0.5) is 10.5 Å². The number of hydrogen-bond acceptors (Lipinski definition) is 4. The largest absolute Gasteiger partial charge is 0.465 e. The molecule has 1 amide bonds. The van der Waals surface area contributed by atoms with Crippen molar-refractivity contribution in [2.75, 3.05) is 12.4 Å². The van der Waals surface area contributed by atoms with E-state index in [-0.39, 0.29) is 6.61 Å². The first-order valence-electron chi connectivity index (χ1n) is 6.87. The Hall–Kier alpha value is -2.34. The number of esters is 1. The zero-order valence-corrected chi connectivity index (χ0v) is 14.3. The summed E-state index contributed by atoms with van der Waals surface area (Å²) in [5.74, 6) is -0.480. The molecule has 0 bridgehead atoms. The van der Waals surface area contributed by atoms with E-state index in [9.17, 15) is 9.59 Å². The smallest absolute Gasteiger partial charge is 0.411 e. The second-order valence-corrected chi connectivity index (χ2v) is 5.66. The maximum Gasteiger partial charge on any atom is 0.411 e. The molecule has 120 valence electrons. The lowest BCUT2D eigenvalue weighted by Gasteiger charge is -2.12. The van der Waals surface area contributed by atoms with Crippen LogP contribution in [-0.4, -0.2) is 19.2 Å². The van der Waals surface area contributed by atoms with Crippen molar-refractivity contribution in [2.24, 2.45) is 0 Å². The molecule has 0 aromatic heterocycles. The van der Waals surface area contributed by atoms with Crippen LogP contribution in [0.3, 0.4) is 0 Å². The molecule has 0 unspecified atom stereocenters. The number of amides is 1. The number of hydrogen-bond donors (Lipinski definition) is 1. The lowest BCUT2D eigenvalue weighted by molar-refractivity contribution is 0.0600. The van der Waals surface area contributed by atoms with Gasteiger partial charge in [-0.2, -0.15) is 0 Å². The van der Waals surface area contributed by atoms with E-state index in [0.717, 1.165) is 11.1 Å². The van der Waals surface area contributed by atoms with Gasteiger partial charge in [-0.1, -0.05) is 46.3 Å². The van der Waals surface area contributed by atoms with Crippen molar-refractivity contribution < 1.29 is 19.1 Å². The van der Waals surface area contributed by atoms with E-state index in [0.29, 0.717) is 15.7 Å². The second kappa shape index (κ2) is 7.78. The van der Waals surface area contributed by atoms with Crippen molar-refractivity contribution in [3.05, 3.63) is 63.6 Å². The van der Waals surface area contributed by atoms with Gasteiger partial charge in [0, 0.05) is 10.2 Å². The molecule has 0 atom stereocenters. The molecule has 5 nitrogen and oxygen atoms in total. The van der Waals surface area contributed by atoms with E-state index in [1.165, 1.54) is 7.11 Å². The zero-order chi connectivity index (χ0) is 16.8. The maximum absolute atomic E-state index is 11.9. The number of ether oxygens (including phenoxy) is 2. The summed E-state index contributed by atoms with van der Waals surface area (Å²) in [5.41, 5.74) is 2.50. The summed E-state index contributed by atoms with van der Waals surface area (Å²) in [5, 5.41) is 2.64. The fourth-order valence-corrected chi connectivity index (χ4v) is 2.37. The summed E-state index contributed by atoms with van der Waals surface area (Å²) in [6.07, 6.45) is -0.592. The molecule has 0 spiro atoms. The topological polar surface area (TPSA) is 64.6 Å². The number of carbonyl (C=O) groups is 2. The lowest BCUT2D eigenvalue weighted by atomic mass is 10.1. The van der Waals surface area contributed by atoms with Crippen LogP contribution < -0.4 is 5.32 Å². The van der Waals surface area contributed by atoms with Crippen molar-refractivity contribution in [1.29, 1.82) is 0 Å². The molecule has 1 N–H and O–H groups in total. The van der Waals surface area contributed by atoms with Crippen molar-refractivity contribution in [1.82, 2.24) is 0 Å². The SMILES string of the molecule is COC(=O)c1cc(Br)c(C)c(NC(=O)OCc2ccccc2)c1. The van der Waals surface area contributed by atoms with Gasteiger partial charge in [-0.25, -0.2) is 9.59 Å². The summed E-state index contributed by atoms with van der Waals surface area (Å²) in [4.78, 5) is 23.6. The summed E-state index contributed by atoms with van der Waals surface area (Å²) in [6.45, 7) is 1.99. The fraction of sp³-hybridized carbons (Fsp3) is 0.176. The number of nitrogens with one attached hydrogen (secondary N) is 1. The Bertz CT molecular complexity index is 716. The first kappa shape index (κ1) is 17.0. The molecule has 0 fully saturated rings. The third-order valence-electron chi connectivity index (χ3n) is 3.21. The van der Waals surface area contributed by atoms with Gasteiger partial charge in [-0.15, -0.1) is 0 Å². The van der Waals surface area contributed by atoms with E-state index in [1.807, 2.05) is 37.3 Å². The van der Waals surface area contributed by atoms with E-state index in [4.69, 9.17) is 9.47 Å². The molecule has 0 radical (unpaired) electrons. The highest BCUT2D eigenvalue weighted by molar-refractivity contribution is 9.10. The summed E-state index contributed by atoms with van der Waals surface area (Å²) < 4.78 is 10.6. The quantitative estimate of drug-likeness (QED) is 0.806. The highest BCUT2D eigenvalue weighted by Crippen LogP contribution is 2.27. The Morgan fingerprint density at radius 3 is 2.52 bits per heavy atom. The second-order valence-electron chi connectivity index (χ2n) is 4.81. The molecule has 0 aliphatic heterocycles. The minimum Gasteiger partial charge on any atom is -0.465 e. The summed E-state index contributed by atoms with van der Waals surface area (Å²) in [6, 6.07) is 12.6. The van der Waals surface area contributed by atoms with Gasteiger partial charge in [0.05, 0.1) is 12.7 Å². The third-order valence-corrected chi connectivity index (χ3v) is 4.04. The van der Waals surface area contributed by atoms with Gasteiger partial charge in [-0.05, 0) is 30.2 Å². The van der Waals surface area contributed by atoms with Crippen LogP contribution in [0.5, 0.6) is 0 Å². The average Bonchev–Trinajstić information content (AvgIpc) is 2.57. The van der Waals surface area contributed by atoms with E-state index >= 15 is 0 Å². The number of rotatable bonds is 4. The van der Waals surface area contributed by atoms with Gasteiger partial charge >= 0.3 is 12.1 Å². The van der Waals surface area contributed by atoms with Crippen LogP contribution in [0, 0.1) is 6.92 Å². The summed E-state index contributed by atoms with van der Waals surface area (Å²) >= 11 is 3.36. The van der Waals surface area contributed by atoms with Gasteiger partial charge in [0.25, 0.3) is 0 Å². The van der Waals surface area contributed by atoms with Crippen LogP contribution in [0.15, 0.2) is 46.9 Å². The van der Waals surface area contributed by atoms with Gasteiger partial charge < -0.3 is 9.47 Å². The number of halogens is 1. The predicted octanol–water partition coefficient (Wildman–Crippen LogP) is 4.29. The summed E-state index contributed by atoms with van der Waals surface area (Å²) in [7, 11) is 1.30. The molecule has 2 rings (SSSR count). The van der Waals surface area contributed by atoms with Gasteiger partial charge in [0.15, 0.2) is 0 Å². The Labute approximate surface area is 142 Å². The van der Waals surface area contributed by atoms with E-state index in [1.54, 1.807) is 12.1 Å². The van der Waals surface area contributed by atoms with Gasteiger partial charge in [0.1, 0.15) is 6.61 Å². The molecular formula is C17H16BrNO4. The predicted molar refractivity (Wildman–Crippen MR) is 90.5 cm³/mol. The van der Waals surface area contributed by atoms with Gasteiger partial charge in [-0.3, -0.25) is 5.32 Å². The Balaban J connectivity index is 2.08. The molecule has 2 aromatic rings. The number of benzene rings is 2. The molecule has 0 aliphatic rings. The van der Waals surface area contributed by atoms with Crippen LogP contribution in [0.1, 0.15) is 21.5 Å². The van der Waals surface area contributed by atoms with E-state index in [2.05, 4.69) is 21.2 Å². The molecule has 0 aliphatic carbocycles. The minimum absolute atomic E-state index is 0.170. The van der Waals surface area contributed by atoms with Crippen molar-refractivity contribution in [3.8, 4) is 0 Å². The van der Waals surface area contributed by atoms with Crippen molar-refractivity contribution >= 4 is 33.7 Å². The standard InChI is InChI=1S/C17H16BrNO4/c1-11-14(18)8-13(16(20)22-2)9-15(11)19-17(21)23-10-12-6-4-3-5-7-12/h3-9H,10H2,1-2H3,(H,19,21). The first-order chi connectivity index (χ1) is 11.0. The molecule has 6 heteroatoms. The average molecular weight is 378 g/mol. The Kier molecular flexibility index (Phi) is 5.76. The van der Waals surface area contributed by atoms with Crippen molar-refractivity contribution in [2.45, 2.75) is 13.5 Å². The monoisotopic (exact) mass is 377 g/mol. The highest BCUT2D eigenvalue weighted by atomic mass is 79.9. The molecule has 2 aromatic carbocycles. The van der Waals surface area contributed by atoms with Crippen LogP contribution in [0.25, 0.3) is 0 Å². The third kappa shape index (κ3) is 4.56. The molecule has 0 heterocycles. The van der Waals surface area contributed by atoms with E-state index < -0.39 is 12.1 Å². The van der Waals surface area contributed by atoms with Crippen molar-refractivity contribution in [3.63, 3.8) is 0 Å². The Morgan fingerprint density at radius 1 is 1.17 bits per heavy atom. The highest BCUT2D eigenvalue weighted by Gasteiger charge is 2.14. The molecular weight excluding hydrogens is 362 g/mol. The molecule has 23 heavy (non-hydrogen) atoms. The lowest BCUT2D eigenvalue weighted by Crippen LogP contribution is -2.15. The minimum atomic E-state index is -0.592. The van der Waals surface area contributed by atoms with Crippen LogP contribution in [0.2, 0.25) is 0 Å². The zero-order valence-electron chi connectivity index (χ0n) is 12.8. The number of methoxy groups -OCH3 is 1. The fourth-order valence-electron chi connectivity index (χ4n) is 1.91. The molecule has 0 saturated carbocycles. The van der Waals surface area contributed by atoms with Crippen LogP contribution >= 0.6 is 15.9 Å². The normalized spacial score (nSPS) is 10.0. The molecule has 0 saturated heterocycles. The number of carbonyl (C=O) groups excluding carboxylic acids is 2. The first-order valence-corrected chi connectivity index (χ1v) is 7.66. The number of anilines is 1. The van der Waals surface area contributed by atoms with Gasteiger partial charge in [0.2, 0.25) is 0 Å².